The Morgan fingerprint density at radius 1 is 1.31 bits per heavy atom. The minimum Gasteiger partial charge on any atom is -0.496 e. The molecule has 0 spiro atoms. The van der Waals surface area contributed by atoms with Gasteiger partial charge in [-0.15, -0.1) is 0 Å². The zero-order valence-corrected chi connectivity index (χ0v) is 8.08. The van der Waals surface area contributed by atoms with Crippen molar-refractivity contribution in [3.05, 3.63) is 54.1 Å². The van der Waals surface area contributed by atoms with E-state index in [0.717, 1.165) is 16.9 Å². The first kappa shape index (κ1) is 9.59. The van der Waals surface area contributed by atoms with Crippen molar-refractivity contribution in [2.24, 2.45) is 0 Å². The molecule has 1 heteroatoms. The van der Waals surface area contributed by atoms with E-state index in [1.807, 2.05) is 43.3 Å². The average Bonchev–Trinajstić information content (AvgIpc) is 2.15. The van der Waals surface area contributed by atoms with Gasteiger partial charge < -0.3 is 4.74 Å². The molecule has 13 heavy (non-hydrogen) atoms. The molecule has 0 aliphatic heterocycles. The number of ether oxygens (including phenoxy) is 1. The van der Waals surface area contributed by atoms with Crippen molar-refractivity contribution in [2.45, 2.75) is 6.92 Å². The number of methoxy groups -OCH3 is 1. The molecule has 0 aromatic heterocycles. The van der Waals surface area contributed by atoms with Crippen LogP contribution in [-0.4, -0.2) is 7.11 Å². The molecule has 0 N–H and O–H groups in total. The van der Waals surface area contributed by atoms with Gasteiger partial charge in [0.25, 0.3) is 0 Å². The Balaban J connectivity index is 2.98. The van der Waals surface area contributed by atoms with Crippen LogP contribution in [-0.2, 0) is 4.74 Å². The summed E-state index contributed by atoms with van der Waals surface area (Å²) in [4.78, 5) is 0. The van der Waals surface area contributed by atoms with Gasteiger partial charge in [-0.2, -0.15) is 0 Å². The summed E-state index contributed by atoms with van der Waals surface area (Å²) in [6.07, 6.45) is 1.93. The highest BCUT2D eigenvalue weighted by molar-refractivity contribution is 5.62. The number of benzene rings is 1. The van der Waals surface area contributed by atoms with Crippen LogP contribution >= 0.6 is 0 Å². The minimum atomic E-state index is 0.855. The summed E-state index contributed by atoms with van der Waals surface area (Å²) in [6, 6.07) is 9.98. The summed E-state index contributed by atoms with van der Waals surface area (Å²) in [5.74, 6) is 0.855. The predicted octanol–water partition coefficient (Wildman–Crippen LogP) is 3.25. The molecule has 0 unspecified atom stereocenters. The molecule has 0 atom stereocenters. The van der Waals surface area contributed by atoms with Crippen molar-refractivity contribution >= 4 is 5.76 Å². The standard InChI is InChI=1S/C12H14O/c1-10(2)9-12(13-3)11-7-5-4-6-8-11/h4-9H,1H2,2-3H3/b12-9-. The summed E-state index contributed by atoms with van der Waals surface area (Å²) in [5.41, 5.74) is 2.06. The molecule has 1 nitrogen and oxygen atoms in total. The van der Waals surface area contributed by atoms with Crippen LogP contribution in [0.3, 0.4) is 0 Å². The largest absolute Gasteiger partial charge is 0.496 e. The highest BCUT2D eigenvalue weighted by atomic mass is 16.5. The van der Waals surface area contributed by atoms with Crippen LogP contribution in [0, 0.1) is 0 Å². The van der Waals surface area contributed by atoms with Gasteiger partial charge in [0.15, 0.2) is 0 Å². The molecule has 0 aliphatic carbocycles. The predicted molar refractivity (Wildman–Crippen MR) is 56.2 cm³/mol. The molecule has 68 valence electrons. The van der Waals surface area contributed by atoms with Crippen LogP contribution in [0.2, 0.25) is 0 Å². The van der Waals surface area contributed by atoms with Crippen LogP contribution < -0.4 is 0 Å². The topological polar surface area (TPSA) is 9.23 Å². The Morgan fingerprint density at radius 3 is 2.38 bits per heavy atom. The van der Waals surface area contributed by atoms with Gasteiger partial charge in [0.2, 0.25) is 0 Å². The summed E-state index contributed by atoms with van der Waals surface area (Å²) < 4.78 is 5.25. The lowest BCUT2D eigenvalue weighted by Gasteiger charge is -2.05. The van der Waals surface area contributed by atoms with Crippen molar-refractivity contribution in [1.29, 1.82) is 0 Å². The van der Waals surface area contributed by atoms with Gasteiger partial charge in [-0.3, -0.25) is 0 Å². The van der Waals surface area contributed by atoms with E-state index in [1.54, 1.807) is 7.11 Å². The molecule has 0 aliphatic rings. The normalized spacial score (nSPS) is 11.1. The van der Waals surface area contributed by atoms with E-state index < -0.39 is 0 Å². The molecule has 0 fully saturated rings. The van der Waals surface area contributed by atoms with Gasteiger partial charge in [-0.1, -0.05) is 42.5 Å². The molecule has 1 rings (SSSR count). The lowest BCUT2D eigenvalue weighted by Crippen LogP contribution is -1.86. The van der Waals surface area contributed by atoms with E-state index in [-0.39, 0.29) is 0 Å². The first-order chi connectivity index (χ1) is 6.24. The van der Waals surface area contributed by atoms with Crippen molar-refractivity contribution < 1.29 is 4.74 Å². The van der Waals surface area contributed by atoms with Crippen LogP contribution in [0.15, 0.2) is 48.6 Å². The van der Waals surface area contributed by atoms with Gasteiger partial charge in [0.05, 0.1) is 7.11 Å². The van der Waals surface area contributed by atoms with Crippen molar-refractivity contribution in [3.63, 3.8) is 0 Å². The van der Waals surface area contributed by atoms with Crippen LogP contribution in [0.1, 0.15) is 12.5 Å². The third-order valence-corrected chi connectivity index (χ3v) is 1.66. The summed E-state index contributed by atoms with van der Waals surface area (Å²) >= 11 is 0. The second-order valence-corrected chi connectivity index (χ2v) is 2.93. The van der Waals surface area contributed by atoms with E-state index in [4.69, 9.17) is 4.74 Å². The fourth-order valence-corrected chi connectivity index (χ4v) is 1.09. The van der Waals surface area contributed by atoms with E-state index in [9.17, 15) is 0 Å². The van der Waals surface area contributed by atoms with Crippen LogP contribution in [0.5, 0.6) is 0 Å². The van der Waals surface area contributed by atoms with Crippen molar-refractivity contribution in [1.82, 2.24) is 0 Å². The van der Waals surface area contributed by atoms with Crippen LogP contribution in [0.4, 0.5) is 0 Å². The number of hydrogen-bond acceptors (Lipinski definition) is 1. The number of rotatable bonds is 3. The molecule has 1 aromatic carbocycles. The molecule has 0 saturated heterocycles. The molecule has 0 heterocycles. The zero-order chi connectivity index (χ0) is 9.68. The zero-order valence-electron chi connectivity index (χ0n) is 8.08. The third kappa shape index (κ3) is 2.79. The Labute approximate surface area is 79.4 Å². The second kappa shape index (κ2) is 4.51. The summed E-state index contributed by atoms with van der Waals surface area (Å²) in [6.45, 7) is 5.76. The van der Waals surface area contributed by atoms with Gasteiger partial charge in [0, 0.05) is 5.56 Å². The summed E-state index contributed by atoms with van der Waals surface area (Å²) in [7, 11) is 1.67. The fraction of sp³-hybridized carbons (Fsp3) is 0.167. The van der Waals surface area contributed by atoms with Crippen molar-refractivity contribution in [3.8, 4) is 0 Å². The van der Waals surface area contributed by atoms with E-state index >= 15 is 0 Å². The molecule has 0 bridgehead atoms. The van der Waals surface area contributed by atoms with Gasteiger partial charge >= 0.3 is 0 Å². The first-order valence-corrected chi connectivity index (χ1v) is 4.20. The lowest BCUT2D eigenvalue weighted by molar-refractivity contribution is 0.370. The fourth-order valence-electron chi connectivity index (χ4n) is 1.09. The maximum atomic E-state index is 5.25. The number of allylic oxidation sites excluding steroid dienone is 2. The van der Waals surface area contributed by atoms with Gasteiger partial charge in [0.1, 0.15) is 5.76 Å². The smallest absolute Gasteiger partial charge is 0.126 e. The highest BCUT2D eigenvalue weighted by Gasteiger charge is 1.98. The maximum Gasteiger partial charge on any atom is 0.126 e. The highest BCUT2D eigenvalue weighted by Crippen LogP contribution is 2.15. The van der Waals surface area contributed by atoms with Gasteiger partial charge in [-0.25, -0.2) is 0 Å². The average molecular weight is 174 g/mol. The maximum absolute atomic E-state index is 5.25. The minimum absolute atomic E-state index is 0.855. The summed E-state index contributed by atoms with van der Waals surface area (Å²) in [5, 5.41) is 0. The lowest BCUT2D eigenvalue weighted by atomic mass is 10.1. The van der Waals surface area contributed by atoms with E-state index in [0.29, 0.717) is 0 Å². The number of hydrogen-bond donors (Lipinski definition) is 0. The molecule has 0 radical (unpaired) electrons. The van der Waals surface area contributed by atoms with Crippen LogP contribution in [0.25, 0.3) is 5.76 Å². The quantitative estimate of drug-likeness (QED) is 0.505. The Bertz CT molecular complexity index is 309. The van der Waals surface area contributed by atoms with Gasteiger partial charge in [-0.05, 0) is 13.0 Å². The molecule has 0 saturated carbocycles. The SMILES string of the molecule is C=C(C)/C=C(\OC)c1ccccc1. The van der Waals surface area contributed by atoms with Crippen molar-refractivity contribution in [2.75, 3.05) is 7.11 Å². The van der Waals surface area contributed by atoms with E-state index in [1.165, 1.54) is 0 Å². The Kier molecular flexibility index (Phi) is 3.32. The monoisotopic (exact) mass is 174 g/mol. The molecule has 1 aromatic rings. The Morgan fingerprint density at radius 2 is 1.92 bits per heavy atom. The second-order valence-electron chi connectivity index (χ2n) is 2.93. The Hall–Kier alpha value is -1.50. The molecular formula is C12H14O. The van der Waals surface area contributed by atoms with E-state index in [2.05, 4.69) is 6.58 Å². The first-order valence-electron chi connectivity index (χ1n) is 4.20. The third-order valence-electron chi connectivity index (χ3n) is 1.66. The molecule has 0 amide bonds. The molecular weight excluding hydrogens is 160 g/mol.